The van der Waals surface area contributed by atoms with Crippen LogP contribution in [-0.2, 0) is 6.54 Å². The van der Waals surface area contributed by atoms with Crippen molar-refractivity contribution >= 4 is 5.96 Å². The van der Waals surface area contributed by atoms with E-state index in [4.69, 9.17) is 14.5 Å². The maximum atomic E-state index is 5.48. The second-order valence-corrected chi connectivity index (χ2v) is 7.59. The number of hydrogen-bond acceptors (Lipinski definition) is 5. The SMILES string of the molecule is CCNC(=NCc1ccc(OC)cc1OC)NCC(C)CN1CCN(CC)CC1. The molecule has 1 aliphatic rings. The van der Waals surface area contributed by atoms with Gasteiger partial charge in [0, 0.05) is 57.4 Å². The van der Waals surface area contributed by atoms with Crippen LogP contribution in [0.1, 0.15) is 26.3 Å². The number of nitrogens with zero attached hydrogens (tertiary/aromatic N) is 3. The van der Waals surface area contributed by atoms with E-state index in [1.807, 2.05) is 18.2 Å². The van der Waals surface area contributed by atoms with Gasteiger partial charge in [-0.1, -0.05) is 13.8 Å². The van der Waals surface area contributed by atoms with Crippen molar-refractivity contribution in [3.8, 4) is 11.5 Å². The molecule has 1 fully saturated rings. The number of piperazine rings is 1. The van der Waals surface area contributed by atoms with E-state index in [1.165, 1.54) is 26.2 Å². The van der Waals surface area contributed by atoms with Gasteiger partial charge in [-0.05, 0) is 31.5 Å². The number of hydrogen-bond donors (Lipinski definition) is 2. The molecule has 1 aromatic carbocycles. The topological polar surface area (TPSA) is 61.4 Å². The maximum absolute atomic E-state index is 5.48. The summed E-state index contributed by atoms with van der Waals surface area (Å²) < 4.78 is 10.7. The minimum Gasteiger partial charge on any atom is -0.497 e. The van der Waals surface area contributed by atoms with Crippen LogP contribution in [0.5, 0.6) is 11.5 Å². The average Bonchev–Trinajstić information content (AvgIpc) is 2.76. The molecule has 1 heterocycles. The summed E-state index contributed by atoms with van der Waals surface area (Å²) in [6, 6.07) is 5.84. The van der Waals surface area contributed by atoms with Gasteiger partial charge < -0.3 is 29.9 Å². The van der Waals surface area contributed by atoms with Crippen LogP contribution in [0.2, 0.25) is 0 Å². The zero-order valence-electron chi connectivity index (χ0n) is 18.8. The average molecular weight is 406 g/mol. The summed E-state index contributed by atoms with van der Waals surface area (Å²) in [6.45, 7) is 15.9. The van der Waals surface area contributed by atoms with E-state index in [2.05, 4.69) is 41.2 Å². The van der Waals surface area contributed by atoms with Crippen molar-refractivity contribution in [2.24, 2.45) is 10.9 Å². The Labute approximate surface area is 176 Å². The molecule has 7 nitrogen and oxygen atoms in total. The summed E-state index contributed by atoms with van der Waals surface area (Å²) in [5, 5.41) is 6.83. The van der Waals surface area contributed by atoms with Gasteiger partial charge in [-0.15, -0.1) is 0 Å². The lowest BCUT2D eigenvalue weighted by Crippen LogP contribution is -2.48. The summed E-state index contributed by atoms with van der Waals surface area (Å²) in [5.41, 5.74) is 1.03. The quantitative estimate of drug-likeness (QED) is 0.459. The molecule has 2 rings (SSSR count). The van der Waals surface area contributed by atoms with Crippen LogP contribution in [0.4, 0.5) is 0 Å². The summed E-state index contributed by atoms with van der Waals surface area (Å²) in [4.78, 5) is 9.83. The number of rotatable bonds is 10. The smallest absolute Gasteiger partial charge is 0.191 e. The van der Waals surface area contributed by atoms with Crippen LogP contribution in [0.3, 0.4) is 0 Å². The first-order valence-electron chi connectivity index (χ1n) is 10.8. The van der Waals surface area contributed by atoms with Gasteiger partial charge in [0.25, 0.3) is 0 Å². The zero-order chi connectivity index (χ0) is 21.1. The molecular weight excluding hydrogens is 366 g/mol. The van der Waals surface area contributed by atoms with Crippen molar-refractivity contribution in [2.75, 3.05) is 66.6 Å². The lowest BCUT2D eigenvalue weighted by atomic mass is 10.1. The van der Waals surface area contributed by atoms with E-state index in [0.29, 0.717) is 12.5 Å². The van der Waals surface area contributed by atoms with Crippen LogP contribution in [-0.4, -0.2) is 82.3 Å². The van der Waals surface area contributed by atoms with Gasteiger partial charge in [0.15, 0.2) is 5.96 Å². The lowest BCUT2D eigenvalue weighted by Gasteiger charge is -2.35. The van der Waals surface area contributed by atoms with Gasteiger partial charge in [-0.25, -0.2) is 4.99 Å². The van der Waals surface area contributed by atoms with Gasteiger partial charge in [0.05, 0.1) is 20.8 Å². The molecule has 0 amide bonds. The molecule has 0 aliphatic carbocycles. The first-order valence-corrected chi connectivity index (χ1v) is 10.8. The molecule has 164 valence electrons. The maximum Gasteiger partial charge on any atom is 0.191 e. The summed E-state index contributed by atoms with van der Waals surface area (Å²) in [6.07, 6.45) is 0. The Kier molecular flexibility index (Phi) is 10.1. The first-order chi connectivity index (χ1) is 14.1. The number of ether oxygens (including phenoxy) is 2. The van der Waals surface area contributed by atoms with Crippen LogP contribution < -0.4 is 20.1 Å². The van der Waals surface area contributed by atoms with Gasteiger partial charge in [-0.3, -0.25) is 0 Å². The molecule has 1 aliphatic heterocycles. The summed E-state index contributed by atoms with van der Waals surface area (Å²) >= 11 is 0. The third-order valence-corrected chi connectivity index (χ3v) is 5.35. The van der Waals surface area contributed by atoms with Gasteiger partial charge >= 0.3 is 0 Å². The highest BCUT2D eigenvalue weighted by Crippen LogP contribution is 2.25. The summed E-state index contributed by atoms with van der Waals surface area (Å²) in [7, 11) is 3.33. The molecule has 1 atom stereocenters. The molecular formula is C22H39N5O2. The monoisotopic (exact) mass is 405 g/mol. The zero-order valence-corrected chi connectivity index (χ0v) is 18.8. The lowest BCUT2D eigenvalue weighted by molar-refractivity contribution is 0.124. The number of likely N-dealkylation sites (N-methyl/N-ethyl adjacent to an activating group) is 1. The van der Waals surface area contributed by atoms with Crippen molar-refractivity contribution in [1.29, 1.82) is 0 Å². The first kappa shape index (κ1) is 23.3. The predicted molar refractivity (Wildman–Crippen MR) is 120 cm³/mol. The molecule has 0 radical (unpaired) electrons. The fraction of sp³-hybridized carbons (Fsp3) is 0.682. The molecule has 1 unspecified atom stereocenters. The van der Waals surface area contributed by atoms with Crippen LogP contribution in [0.25, 0.3) is 0 Å². The normalized spacial score (nSPS) is 17.1. The van der Waals surface area contributed by atoms with E-state index < -0.39 is 0 Å². The summed E-state index contributed by atoms with van der Waals surface area (Å²) in [5.74, 6) is 2.98. The molecule has 1 aromatic rings. The van der Waals surface area contributed by atoms with E-state index in [0.717, 1.165) is 49.2 Å². The van der Waals surface area contributed by atoms with Gasteiger partial charge in [0.1, 0.15) is 11.5 Å². The molecule has 1 saturated heterocycles. The molecule has 0 aromatic heterocycles. The van der Waals surface area contributed by atoms with Crippen LogP contribution in [0.15, 0.2) is 23.2 Å². The molecule has 0 saturated carbocycles. The Hall–Kier alpha value is -1.99. The highest BCUT2D eigenvalue weighted by Gasteiger charge is 2.17. The Morgan fingerprint density at radius 1 is 1.07 bits per heavy atom. The third kappa shape index (κ3) is 7.74. The second kappa shape index (κ2) is 12.5. The second-order valence-electron chi connectivity index (χ2n) is 7.59. The number of aliphatic imine (C=N–C) groups is 1. The predicted octanol–water partition coefficient (Wildman–Crippen LogP) is 2.03. The molecule has 7 heteroatoms. The Bertz CT molecular complexity index is 630. The van der Waals surface area contributed by atoms with Crippen LogP contribution in [0, 0.1) is 5.92 Å². The van der Waals surface area contributed by atoms with E-state index in [-0.39, 0.29) is 0 Å². The van der Waals surface area contributed by atoms with Crippen molar-refractivity contribution < 1.29 is 9.47 Å². The van der Waals surface area contributed by atoms with E-state index in [9.17, 15) is 0 Å². The highest BCUT2D eigenvalue weighted by molar-refractivity contribution is 5.79. The van der Waals surface area contributed by atoms with Crippen molar-refractivity contribution in [1.82, 2.24) is 20.4 Å². The van der Waals surface area contributed by atoms with E-state index >= 15 is 0 Å². The van der Waals surface area contributed by atoms with Crippen molar-refractivity contribution in [3.05, 3.63) is 23.8 Å². The fourth-order valence-corrected chi connectivity index (χ4v) is 3.55. The molecule has 0 bridgehead atoms. The minimum atomic E-state index is 0.551. The largest absolute Gasteiger partial charge is 0.497 e. The Morgan fingerprint density at radius 2 is 1.79 bits per heavy atom. The Balaban J connectivity index is 1.86. The number of nitrogens with one attached hydrogen (secondary N) is 2. The third-order valence-electron chi connectivity index (χ3n) is 5.35. The highest BCUT2D eigenvalue weighted by atomic mass is 16.5. The number of benzene rings is 1. The molecule has 0 spiro atoms. The van der Waals surface area contributed by atoms with Gasteiger partial charge in [-0.2, -0.15) is 0 Å². The number of methoxy groups -OCH3 is 2. The Morgan fingerprint density at radius 3 is 2.41 bits per heavy atom. The fourth-order valence-electron chi connectivity index (χ4n) is 3.55. The van der Waals surface area contributed by atoms with Gasteiger partial charge in [0.2, 0.25) is 0 Å². The standard InChI is InChI=1S/C22H39N5O2/c1-6-23-22(25-16-19-8-9-20(28-4)14-21(19)29-5)24-15-18(3)17-27-12-10-26(7-2)11-13-27/h8-9,14,18H,6-7,10-13,15-17H2,1-5H3,(H2,23,24,25). The van der Waals surface area contributed by atoms with E-state index in [1.54, 1.807) is 14.2 Å². The van der Waals surface area contributed by atoms with Crippen LogP contribution >= 0.6 is 0 Å². The van der Waals surface area contributed by atoms with Crippen molar-refractivity contribution in [2.45, 2.75) is 27.3 Å². The van der Waals surface area contributed by atoms with Crippen molar-refractivity contribution in [3.63, 3.8) is 0 Å². The molecule has 2 N–H and O–H groups in total. The number of guanidine groups is 1. The minimum absolute atomic E-state index is 0.551. The molecule has 29 heavy (non-hydrogen) atoms.